The van der Waals surface area contributed by atoms with Crippen molar-refractivity contribution in [2.45, 2.75) is 37.8 Å². The summed E-state index contributed by atoms with van der Waals surface area (Å²) in [6, 6.07) is 17.3. The monoisotopic (exact) mass is 550 g/mol. The molecule has 2 atom stereocenters. The number of likely N-dealkylation sites (tertiary alicyclic amines) is 1. The van der Waals surface area contributed by atoms with Crippen molar-refractivity contribution < 1.29 is 9.53 Å². The standard InChI is InChI=1S/C31H34N8O2/c1-3-28(40)38-17-16-37(20-24(38)13-14-32)30-29-33-19-26(18-23-10-6-9-22-8-4-5-12-27(22)23)39(29)35-31(34-30)41-21-25-11-7-15-36(25)2/h3-6,8-10,12,19,24-25H,1,7,11,13,15-18,20-21H2,2H3. The quantitative estimate of drug-likeness (QED) is 0.308. The van der Waals surface area contributed by atoms with E-state index in [1.165, 1.54) is 22.4 Å². The van der Waals surface area contributed by atoms with Gasteiger partial charge in [-0.15, -0.1) is 5.10 Å². The Kier molecular flexibility index (Phi) is 7.53. The van der Waals surface area contributed by atoms with Crippen LogP contribution in [0, 0.1) is 11.3 Å². The van der Waals surface area contributed by atoms with E-state index in [-0.39, 0.29) is 18.4 Å². The third-order valence-corrected chi connectivity index (χ3v) is 8.29. The fourth-order valence-electron chi connectivity index (χ4n) is 6.02. The van der Waals surface area contributed by atoms with Crippen LogP contribution in [0.2, 0.25) is 0 Å². The number of nitrogens with zero attached hydrogens (tertiary/aromatic N) is 8. The molecule has 2 aliphatic rings. The van der Waals surface area contributed by atoms with Crippen LogP contribution in [-0.4, -0.2) is 87.2 Å². The molecule has 10 nitrogen and oxygen atoms in total. The van der Waals surface area contributed by atoms with Crippen LogP contribution in [0.1, 0.15) is 30.5 Å². The van der Waals surface area contributed by atoms with Gasteiger partial charge in [0.15, 0.2) is 11.5 Å². The maximum Gasteiger partial charge on any atom is 0.336 e. The van der Waals surface area contributed by atoms with Crippen LogP contribution < -0.4 is 9.64 Å². The molecule has 0 saturated carbocycles. The molecular weight excluding hydrogens is 516 g/mol. The van der Waals surface area contributed by atoms with Gasteiger partial charge >= 0.3 is 6.01 Å². The summed E-state index contributed by atoms with van der Waals surface area (Å²) in [4.78, 5) is 28.2. The van der Waals surface area contributed by atoms with Crippen molar-refractivity contribution in [1.29, 1.82) is 5.26 Å². The van der Waals surface area contributed by atoms with Crippen molar-refractivity contribution in [3.63, 3.8) is 0 Å². The van der Waals surface area contributed by atoms with E-state index in [1.54, 1.807) is 4.90 Å². The molecule has 2 aliphatic heterocycles. The number of likely N-dealkylation sites (N-methyl/N-ethyl adjacent to an activating group) is 1. The highest BCUT2D eigenvalue weighted by Gasteiger charge is 2.32. The minimum atomic E-state index is -0.282. The highest BCUT2D eigenvalue weighted by atomic mass is 16.5. The lowest BCUT2D eigenvalue weighted by molar-refractivity contribution is -0.128. The highest BCUT2D eigenvalue weighted by molar-refractivity contribution is 5.87. The first-order valence-corrected chi connectivity index (χ1v) is 14.1. The SMILES string of the molecule is C=CC(=O)N1CCN(c2nc(OCC3CCCN3C)nn3c(Cc4cccc5ccccc45)cnc23)CC1CC#N. The van der Waals surface area contributed by atoms with Gasteiger partial charge in [-0.3, -0.25) is 4.79 Å². The number of piperazine rings is 1. The highest BCUT2D eigenvalue weighted by Crippen LogP contribution is 2.28. The Bertz CT molecular complexity index is 1620. The predicted octanol–water partition coefficient (Wildman–Crippen LogP) is 3.46. The number of rotatable bonds is 8. The summed E-state index contributed by atoms with van der Waals surface area (Å²) in [6.45, 7) is 6.66. The topological polar surface area (TPSA) is 103 Å². The molecule has 2 saturated heterocycles. The van der Waals surface area contributed by atoms with Gasteiger partial charge in [-0.1, -0.05) is 49.0 Å². The van der Waals surface area contributed by atoms with Gasteiger partial charge in [0.2, 0.25) is 5.91 Å². The smallest absolute Gasteiger partial charge is 0.336 e. The second-order valence-corrected chi connectivity index (χ2v) is 10.8. The maximum absolute atomic E-state index is 12.5. The van der Waals surface area contributed by atoms with Gasteiger partial charge in [-0.2, -0.15) is 10.2 Å². The number of hydrogen-bond donors (Lipinski definition) is 0. The third kappa shape index (κ3) is 5.33. The molecule has 2 fully saturated rings. The Labute approximate surface area is 239 Å². The average Bonchev–Trinajstić information content (AvgIpc) is 3.61. The first kappa shape index (κ1) is 26.7. The van der Waals surface area contributed by atoms with Crippen LogP contribution in [0.15, 0.2) is 61.3 Å². The number of hydrogen-bond acceptors (Lipinski definition) is 8. The molecule has 10 heteroatoms. The number of carbonyl (C=O) groups excluding carboxylic acids is 1. The van der Waals surface area contributed by atoms with Crippen LogP contribution in [-0.2, 0) is 11.2 Å². The van der Waals surface area contributed by atoms with Crippen molar-refractivity contribution >= 4 is 28.1 Å². The molecule has 2 aromatic carbocycles. The van der Waals surface area contributed by atoms with Crippen molar-refractivity contribution in [3.8, 4) is 12.1 Å². The molecule has 6 rings (SSSR count). The number of imidazole rings is 1. The van der Waals surface area contributed by atoms with E-state index in [0.717, 1.165) is 25.1 Å². The van der Waals surface area contributed by atoms with E-state index in [1.807, 2.05) is 16.8 Å². The number of amides is 1. The zero-order chi connectivity index (χ0) is 28.3. The molecule has 210 valence electrons. The zero-order valence-corrected chi connectivity index (χ0v) is 23.3. The van der Waals surface area contributed by atoms with Gasteiger partial charge in [0, 0.05) is 32.1 Å². The van der Waals surface area contributed by atoms with Gasteiger partial charge in [-0.05, 0) is 48.8 Å². The summed E-state index contributed by atoms with van der Waals surface area (Å²) in [5.74, 6) is 0.480. The van der Waals surface area contributed by atoms with E-state index in [9.17, 15) is 10.1 Å². The molecule has 4 heterocycles. The molecule has 1 amide bonds. The van der Waals surface area contributed by atoms with Gasteiger partial charge in [0.1, 0.15) is 6.61 Å². The van der Waals surface area contributed by atoms with Gasteiger partial charge < -0.3 is 19.4 Å². The maximum atomic E-state index is 12.5. The molecule has 2 unspecified atom stereocenters. The van der Waals surface area contributed by atoms with Crippen molar-refractivity contribution in [2.75, 3.05) is 44.7 Å². The summed E-state index contributed by atoms with van der Waals surface area (Å²) in [7, 11) is 2.12. The Morgan fingerprint density at radius 1 is 1.17 bits per heavy atom. The van der Waals surface area contributed by atoms with Crippen molar-refractivity contribution in [2.24, 2.45) is 0 Å². The number of carbonyl (C=O) groups is 1. The normalized spacial score (nSPS) is 19.5. The molecule has 0 bridgehead atoms. The number of fused-ring (bicyclic) bond motifs is 2. The third-order valence-electron chi connectivity index (χ3n) is 8.29. The first-order valence-electron chi connectivity index (χ1n) is 14.1. The number of ether oxygens (including phenoxy) is 1. The fraction of sp³-hybridized carbons (Fsp3) is 0.387. The van der Waals surface area contributed by atoms with E-state index < -0.39 is 0 Å². The van der Waals surface area contributed by atoms with Gasteiger partial charge in [0.05, 0.1) is 30.4 Å². The molecule has 2 aromatic heterocycles. The molecule has 0 spiro atoms. The van der Waals surface area contributed by atoms with Crippen LogP contribution in [0.4, 0.5) is 5.82 Å². The molecule has 4 aromatic rings. The number of anilines is 1. The van der Waals surface area contributed by atoms with Gasteiger partial charge in [-0.25, -0.2) is 9.50 Å². The summed E-state index contributed by atoms with van der Waals surface area (Å²) in [6.07, 6.45) is 6.26. The van der Waals surface area contributed by atoms with Crippen LogP contribution in [0.25, 0.3) is 16.4 Å². The second kappa shape index (κ2) is 11.6. The molecule has 41 heavy (non-hydrogen) atoms. The summed E-state index contributed by atoms with van der Waals surface area (Å²) < 4.78 is 8.07. The van der Waals surface area contributed by atoms with Crippen LogP contribution in [0.3, 0.4) is 0 Å². The Morgan fingerprint density at radius 2 is 2.02 bits per heavy atom. The first-order chi connectivity index (χ1) is 20.1. The molecule has 0 aliphatic carbocycles. The van der Waals surface area contributed by atoms with Crippen LogP contribution in [0.5, 0.6) is 6.01 Å². The van der Waals surface area contributed by atoms with Crippen molar-refractivity contribution in [1.82, 2.24) is 29.4 Å². The van der Waals surface area contributed by atoms with E-state index in [4.69, 9.17) is 19.8 Å². The number of benzene rings is 2. The van der Waals surface area contributed by atoms with E-state index in [2.05, 4.69) is 65.9 Å². The lowest BCUT2D eigenvalue weighted by atomic mass is 10.0. The lowest BCUT2D eigenvalue weighted by Gasteiger charge is -2.40. The molecule has 0 radical (unpaired) electrons. The minimum Gasteiger partial charge on any atom is -0.461 e. The molecule has 0 N–H and O–H groups in total. The van der Waals surface area contributed by atoms with E-state index in [0.29, 0.717) is 56.2 Å². The van der Waals surface area contributed by atoms with Crippen LogP contribution >= 0.6 is 0 Å². The zero-order valence-electron chi connectivity index (χ0n) is 23.3. The fourth-order valence-corrected chi connectivity index (χ4v) is 6.02. The Hall–Kier alpha value is -4.49. The predicted molar refractivity (Wildman–Crippen MR) is 157 cm³/mol. The average molecular weight is 551 g/mol. The summed E-state index contributed by atoms with van der Waals surface area (Å²) in [5, 5.41) is 16.7. The Balaban J connectivity index is 1.37. The molecular formula is C31H34N8O2. The number of nitriles is 1. The van der Waals surface area contributed by atoms with Gasteiger partial charge in [0.25, 0.3) is 0 Å². The lowest BCUT2D eigenvalue weighted by Crippen LogP contribution is -2.55. The number of aromatic nitrogens is 4. The van der Waals surface area contributed by atoms with Crippen molar-refractivity contribution in [3.05, 3.63) is 72.6 Å². The summed E-state index contributed by atoms with van der Waals surface area (Å²) >= 11 is 0. The minimum absolute atomic E-state index is 0.166. The second-order valence-electron chi connectivity index (χ2n) is 10.8. The van der Waals surface area contributed by atoms with E-state index >= 15 is 0 Å². The summed E-state index contributed by atoms with van der Waals surface area (Å²) in [5.41, 5.74) is 2.74. The largest absolute Gasteiger partial charge is 0.461 e. The Morgan fingerprint density at radius 3 is 2.83 bits per heavy atom.